The normalized spacial score (nSPS) is 21.0. The molecule has 4 heterocycles. The first-order valence-electron chi connectivity index (χ1n) is 11.4. The van der Waals surface area contributed by atoms with Crippen LogP contribution in [0.15, 0.2) is 48.8 Å². The Kier molecular flexibility index (Phi) is 4.93. The molecule has 35 heavy (non-hydrogen) atoms. The predicted molar refractivity (Wildman–Crippen MR) is 127 cm³/mol. The van der Waals surface area contributed by atoms with E-state index in [9.17, 15) is 14.0 Å². The van der Waals surface area contributed by atoms with E-state index in [1.807, 2.05) is 16.7 Å². The number of nitrogens with zero attached hydrogens (tertiary/aromatic N) is 5. The van der Waals surface area contributed by atoms with Crippen LogP contribution < -0.4 is 15.4 Å². The molecule has 4 aromatic rings. The van der Waals surface area contributed by atoms with E-state index in [2.05, 4.69) is 9.88 Å². The molecule has 9 heteroatoms. The molecule has 0 amide bonds. The van der Waals surface area contributed by atoms with Crippen molar-refractivity contribution < 1.29 is 13.5 Å². The van der Waals surface area contributed by atoms with Gasteiger partial charge in [-0.05, 0) is 48.1 Å². The van der Waals surface area contributed by atoms with E-state index in [4.69, 9.17) is 15.5 Å². The molecule has 7 rings (SSSR count). The fraction of sp³-hybridized carbons (Fsp3) is 0.269. The van der Waals surface area contributed by atoms with Gasteiger partial charge in [-0.25, -0.2) is 18.7 Å². The largest absolute Gasteiger partial charge is 0.494 e. The van der Waals surface area contributed by atoms with Gasteiger partial charge in [0, 0.05) is 37.1 Å². The lowest BCUT2D eigenvalue weighted by Gasteiger charge is -2.52. The third kappa shape index (κ3) is 3.33. The van der Waals surface area contributed by atoms with Crippen molar-refractivity contribution in [2.45, 2.75) is 12.5 Å². The lowest BCUT2D eigenvalue weighted by atomic mass is 9.67. The lowest BCUT2D eigenvalue weighted by Crippen LogP contribution is -2.62. The highest BCUT2D eigenvalue weighted by Gasteiger charge is 2.45. The highest BCUT2D eigenvalue weighted by Crippen LogP contribution is 2.42. The summed E-state index contributed by atoms with van der Waals surface area (Å²) < 4.78 is 36.4. The van der Waals surface area contributed by atoms with Gasteiger partial charge in [0.15, 0.2) is 11.6 Å². The maximum Gasteiger partial charge on any atom is 0.211 e. The number of anilines is 1. The molecule has 2 atom stereocenters. The smallest absolute Gasteiger partial charge is 0.211 e. The number of nitriles is 1. The average Bonchev–Trinajstić information content (AvgIpc) is 3.37. The van der Waals surface area contributed by atoms with Gasteiger partial charge in [-0.3, -0.25) is 4.40 Å². The molecule has 2 saturated heterocycles. The highest BCUT2D eigenvalue weighted by molar-refractivity contribution is 5.91. The molecule has 2 unspecified atom stereocenters. The van der Waals surface area contributed by atoms with E-state index in [1.54, 1.807) is 24.4 Å². The second kappa shape index (κ2) is 8.03. The Labute approximate surface area is 200 Å². The van der Waals surface area contributed by atoms with Gasteiger partial charge >= 0.3 is 0 Å². The Morgan fingerprint density at radius 1 is 1.09 bits per heavy atom. The van der Waals surface area contributed by atoms with Gasteiger partial charge in [0.1, 0.15) is 17.5 Å². The van der Waals surface area contributed by atoms with Crippen molar-refractivity contribution in [2.24, 2.45) is 17.6 Å². The fourth-order valence-electron chi connectivity index (χ4n) is 5.33. The number of piperidine rings is 2. The van der Waals surface area contributed by atoms with Crippen LogP contribution in [0.5, 0.6) is 5.75 Å². The first-order valence-corrected chi connectivity index (χ1v) is 11.4. The number of imidazole rings is 1. The molecular formula is C26H22F2N6O. The summed E-state index contributed by atoms with van der Waals surface area (Å²) >= 11 is 0. The van der Waals surface area contributed by atoms with Crippen LogP contribution in [0, 0.1) is 34.8 Å². The van der Waals surface area contributed by atoms with E-state index >= 15 is 0 Å². The molecule has 2 bridgehead atoms. The first kappa shape index (κ1) is 21.5. The Balaban J connectivity index is 1.59. The minimum atomic E-state index is -0.645. The third-order valence-corrected chi connectivity index (χ3v) is 7.22. The number of nitrogens with two attached hydrogens (primary N) is 1. The number of benzene rings is 2. The summed E-state index contributed by atoms with van der Waals surface area (Å²) in [6.45, 7) is 1.55. The van der Waals surface area contributed by atoms with E-state index < -0.39 is 11.6 Å². The number of fused-ring (bicyclic) bond motifs is 3. The molecule has 0 spiro atoms. The van der Waals surface area contributed by atoms with Gasteiger partial charge in [0.2, 0.25) is 5.95 Å². The van der Waals surface area contributed by atoms with E-state index in [0.29, 0.717) is 45.8 Å². The van der Waals surface area contributed by atoms with Crippen LogP contribution >= 0.6 is 0 Å². The topological polar surface area (TPSA) is 92.5 Å². The molecule has 7 nitrogen and oxygen atoms in total. The van der Waals surface area contributed by atoms with E-state index in [-0.39, 0.29) is 17.4 Å². The molecule has 3 fully saturated rings. The molecule has 2 aromatic heterocycles. The molecule has 176 valence electrons. The van der Waals surface area contributed by atoms with Crippen molar-refractivity contribution in [1.82, 2.24) is 14.4 Å². The molecule has 0 radical (unpaired) electrons. The second-order valence-electron chi connectivity index (χ2n) is 9.15. The number of halogens is 2. The Hall–Kier alpha value is -4.03. The van der Waals surface area contributed by atoms with Crippen LogP contribution in [0.3, 0.4) is 0 Å². The Morgan fingerprint density at radius 3 is 2.49 bits per heavy atom. The highest BCUT2D eigenvalue weighted by atomic mass is 19.1. The van der Waals surface area contributed by atoms with Crippen LogP contribution in [0.25, 0.3) is 28.0 Å². The molecule has 1 saturated carbocycles. The van der Waals surface area contributed by atoms with Gasteiger partial charge in [-0.1, -0.05) is 12.1 Å². The zero-order valence-electron chi connectivity index (χ0n) is 18.9. The predicted octanol–water partition coefficient (Wildman–Crippen LogP) is 4.01. The Bertz CT molecular complexity index is 1500. The fourth-order valence-corrected chi connectivity index (χ4v) is 5.33. The zero-order chi connectivity index (χ0) is 24.3. The van der Waals surface area contributed by atoms with Gasteiger partial charge in [0.05, 0.1) is 23.9 Å². The molecule has 2 aliphatic heterocycles. The van der Waals surface area contributed by atoms with E-state index in [1.165, 1.54) is 25.3 Å². The molecule has 2 aromatic carbocycles. The summed E-state index contributed by atoms with van der Waals surface area (Å²) in [6.07, 6.45) is 4.61. The van der Waals surface area contributed by atoms with Crippen molar-refractivity contribution in [3.63, 3.8) is 0 Å². The molecule has 3 aliphatic rings. The summed E-state index contributed by atoms with van der Waals surface area (Å²) in [7, 11) is 1.40. The summed E-state index contributed by atoms with van der Waals surface area (Å²) in [5.74, 6) is 0.430. The summed E-state index contributed by atoms with van der Waals surface area (Å²) in [6, 6.07) is 11.1. The van der Waals surface area contributed by atoms with Gasteiger partial charge < -0.3 is 15.4 Å². The minimum Gasteiger partial charge on any atom is -0.494 e. The van der Waals surface area contributed by atoms with Crippen molar-refractivity contribution in [1.29, 1.82) is 5.26 Å². The quantitative estimate of drug-likeness (QED) is 0.483. The number of hydrogen-bond acceptors (Lipinski definition) is 6. The molecular weight excluding hydrogens is 450 g/mol. The van der Waals surface area contributed by atoms with Gasteiger partial charge in [-0.2, -0.15) is 5.26 Å². The van der Waals surface area contributed by atoms with Crippen LogP contribution in [0.1, 0.15) is 12.0 Å². The number of rotatable bonds is 4. The van der Waals surface area contributed by atoms with Crippen LogP contribution in [-0.2, 0) is 0 Å². The zero-order valence-corrected chi connectivity index (χ0v) is 18.9. The maximum absolute atomic E-state index is 14.7. The van der Waals surface area contributed by atoms with Crippen molar-refractivity contribution in [2.75, 3.05) is 25.1 Å². The van der Waals surface area contributed by atoms with Gasteiger partial charge in [-0.15, -0.1) is 0 Å². The number of ether oxygens (including phenoxy) is 1. The van der Waals surface area contributed by atoms with Crippen molar-refractivity contribution in [3.8, 4) is 34.2 Å². The number of hydrogen-bond donors (Lipinski definition) is 1. The Morgan fingerprint density at radius 2 is 1.83 bits per heavy atom. The summed E-state index contributed by atoms with van der Waals surface area (Å²) in [5, 5.41) is 9.18. The molecule has 1 aliphatic carbocycles. The summed E-state index contributed by atoms with van der Waals surface area (Å²) in [4.78, 5) is 11.8. The third-order valence-electron chi connectivity index (χ3n) is 7.22. The van der Waals surface area contributed by atoms with Gasteiger partial charge in [0.25, 0.3) is 0 Å². The number of methoxy groups -OCH3 is 1. The summed E-state index contributed by atoms with van der Waals surface area (Å²) in [5.41, 5.74) is 8.81. The minimum absolute atomic E-state index is 0.0574. The standard InChI is InChI=1S/C26H22F2N6O/c1-35-21-5-4-14(9-20(21)28)22-24(15-2-3-16(11-29)19(27)10-15)32-26(34-7-6-31-25(22)34)33-12-17-8-18(13-33)23(17)30/h2-7,9-10,17-18,23H,8,12-13,30H2,1H3. The van der Waals surface area contributed by atoms with Crippen LogP contribution in [-0.4, -0.2) is 40.6 Å². The number of aromatic nitrogens is 3. The average molecular weight is 472 g/mol. The first-order chi connectivity index (χ1) is 17.0. The lowest BCUT2D eigenvalue weighted by molar-refractivity contribution is 0.114. The monoisotopic (exact) mass is 472 g/mol. The van der Waals surface area contributed by atoms with E-state index in [0.717, 1.165) is 19.5 Å². The SMILES string of the molecule is COc1ccc(-c2c(-c3ccc(C#N)c(F)c3)nc(N3CC4CC(C3)C4N)n3ccnc23)cc1F. The van der Waals surface area contributed by atoms with Crippen molar-refractivity contribution in [3.05, 3.63) is 66.0 Å². The van der Waals surface area contributed by atoms with Crippen LogP contribution in [0.4, 0.5) is 14.7 Å². The van der Waals surface area contributed by atoms with Crippen LogP contribution in [0.2, 0.25) is 0 Å². The second-order valence-corrected chi connectivity index (χ2v) is 9.15. The maximum atomic E-state index is 14.7. The molecule has 2 N–H and O–H groups in total. The van der Waals surface area contributed by atoms with Crippen molar-refractivity contribution >= 4 is 11.6 Å².